The van der Waals surface area contributed by atoms with Crippen molar-refractivity contribution in [2.75, 3.05) is 7.05 Å². The van der Waals surface area contributed by atoms with Gasteiger partial charge in [0.1, 0.15) is 12.2 Å². The summed E-state index contributed by atoms with van der Waals surface area (Å²) in [6.45, 7) is 0.701. The summed E-state index contributed by atoms with van der Waals surface area (Å²) in [6.07, 6.45) is 3.65. The van der Waals surface area contributed by atoms with Crippen LogP contribution in [0.1, 0.15) is 10.4 Å². The number of amides is 2. The van der Waals surface area contributed by atoms with Gasteiger partial charge in [-0.05, 0) is 47.9 Å². The minimum absolute atomic E-state index is 0.0756. The van der Waals surface area contributed by atoms with Crippen molar-refractivity contribution in [1.82, 2.24) is 20.1 Å². The largest absolute Gasteiger partial charge is 0.350 e. The van der Waals surface area contributed by atoms with Crippen molar-refractivity contribution < 1.29 is 9.59 Å². The molecule has 3 aromatic rings. The number of hydrogen-bond donors (Lipinski definition) is 2. The van der Waals surface area contributed by atoms with Crippen LogP contribution in [-0.4, -0.2) is 33.4 Å². The molecule has 1 aliphatic heterocycles. The highest BCUT2D eigenvalue weighted by Crippen LogP contribution is 2.27. The van der Waals surface area contributed by atoms with E-state index in [1.165, 1.54) is 4.90 Å². The minimum Gasteiger partial charge on any atom is -0.350 e. The van der Waals surface area contributed by atoms with Crippen molar-refractivity contribution in [1.29, 1.82) is 0 Å². The second-order valence-electron chi connectivity index (χ2n) is 6.58. The van der Waals surface area contributed by atoms with Gasteiger partial charge in [-0.1, -0.05) is 22.0 Å². The zero-order chi connectivity index (χ0) is 20.5. The van der Waals surface area contributed by atoms with Crippen molar-refractivity contribution in [3.05, 3.63) is 62.5 Å². The number of carbonyl (C=O) groups excluding carboxylic acids is 2. The molecule has 6 nitrogen and oxygen atoms in total. The lowest BCUT2D eigenvalue weighted by atomic mass is 10.1. The van der Waals surface area contributed by atoms with Gasteiger partial charge in [-0.15, -0.1) is 11.3 Å². The van der Waals surface area contributed by atoms with E-state index in [-0.39, 0.29) is 18.4 Å². The molecule has 0 spiro atoms. The first kappa shape index (κ1) is 19.8. The Balaban J connectivity index is 1.63. The van der Waals surface area contributed by atoms with Crippen LogP contribution in [0.3, 0.4) is 0 Å². The number of nitrogens with zero attached hydrogens (tertiary/aromatic N) is 2. The Labute approximate surface area is 185 Å². The third-order valence-electron chi connectivity index (χ3n) is 4.61. The highest BCUT2D eigenvalue weighted by atomic mass is 79.9. The number of fused-ring (bicyclic) bond motifs is 1. The molecule has 1 aliphatic rings. The molecular weight excluding hydrogens is 472 g/mol. The van der Waals surface area contributed by atoms with Gasteiger partial charge in [0.25, 0.3) is 5.91 Å². The predicted molar refractivity (Wildman–Crippen MR) is 122 cm³/mol. The van der Waals surface area contributed by atoms with Gasteiger partial charge >= 0.3 is 0 Å². The first-order valence-electron chi connectivity index (χ1n) is 8.80. The van der Waals surface area contributed by atoms with E-state index in [9.17, 15) is 9.59 Å². The summed E-state index contributed by atoms with van der Waals surface area (Å²) in [7, 11) is 1.64. The van der Waals surface area contributed by atoms with Crippen LogP contribution >= 0.6 is 39.5 Å². The topological polar surface area (TPSA) is 66.4 Å². The number of thiophene rings is 1. The summed E-state index contributed by atoms with van der Waals surface area (Å²) in [5.41, 5.74) is 2.16. The molecule has 1 fully saturated rings. The van der Waals surface area contributed by atoms with Crippen LogP contribution in [0.5, 0.6) is 0 Å². The van der Waals surface area contributed by atoms with Crippen molar-refractivity contribution in [2.45, 2.75) is 13.1 Å². The van der Waals surface area contributed by atoms with Gasteiger partial charge in [0.15, 0.2) is 5.11 Å². The van der Waals surface area contributed by atoms with E-state index in [0.29, 0.717) is 17.4 Å². The van der Waals surface area contributed by atoms with Gasteiger partial charge in [-0.2, -0.15) is 0 Å². The molecule has 0 radical (unpaired) electrons. The Morgan fingerprint density at radius 1 is 1.38 bits per heavy atom. The first-order chi connectivity index (χ1) is 13.9. The lowest BCUT2D eigenvalue weighted by Crippen LogP contribution is -2.26. The van der Waals surface area contributed by atoms with Gasteiger partial charge in [0.05, 0.1) is 6.54 Å². The molecule has 2 amide bonds. The van der Waals surface area contributed by atoms with Gasteiger partial charge in [0.2, 0.25) is 5.91 Å². The molecule has 1 saturated heterocycles. The Hall–Kier alpha value is -2.49. The predicted octanol–water partition coefficient (Wildman–Crippen LogP) is 3.47. The fourth-order valence-electron chi connectivity index (χ4n) is 3.13. The van der Waals surface area contributed by atoms with E-state index < -0.39 is 0 Å². The molecule has 0 unspecified atom stereocenters. The summed E-state index contributed by atoms with van der Waals surface area (Å²) in [4.78, 5) is 27.3. The lowest BCUT2D eigenvalue weighted by Gasteiger charge is -2.06. The molecule has 4 rings (SSSR count). The number of carbonyl (C=O) groups is 2. The van der Waals surface area contributed by atoms with E-state index in [0.717, 1.165) is 25.8 Å². The fourth-order valence-corrected chi connectivity index (χ4v) is 4.33. The highest BCUT2D eigenvalue weighted by molar-refractivity contribution is 9.10. The van der Waals surface area contributed by atoms with Crippen molar-refractivity contribution in [2.24, 2.45) is 0 Å². The first-order valence-corrected chi connectivity index (χ1v) is 10.9. The molecule has 2 N–H and O–H groups in total. The maximum Gasteiger partial charge on any atom is 0.276 e. The molecular formula is C20H17BrN4O2S2. The number of rotatable bonds is 5. The second-order valence-corrected chi connectivity index (χ2v) is 8.92. The molecule has 9 heteroatoms. The average molecular weight is 489 g/mol. The van der Waals surface area contributed by atoms with Crippen molar-refractivity contribution in [3.8, 4) is 0 Å². The van der Waals surface area contributed by atoms with Gasteiger partial charge < -0.3 is 15.2 Å². The van der Waals surface area contributed by atoms with Crippen LogP contribution in [0, 0.1) is 0 Å². The number of benzene rings is 1. The smallest absolute Gasteiger partial charge is 0.276 e. The van der Waals surface area contributed by atoms with E-state index in [1.807, 2.05) is 46.5 Å². The van der Waals surface area contributed by atoms with Crippen LogP contribution in [0.15, 0.2) is 52.1 Å². The summed E-state index contributed by atoms with van der Waals surface area (Å²) in [6, 6.07) is 9.81. The van der Waals surface area contributed by atoms with Gasteiger partial charge in [-0.25, -0.2) is 0 Å². The number of aromatic nitrogens is 1. The number of hydrogen-bond acceptors (Lipinski definition) is 4. The zero-order valence-corrected chi connectivity index (χ0v) is 18.7. The molecule has 29 heavy (non-hydrogen) atoms. The van der Waals surface area contributed by atoms with E-state index >= 15 is 0 Å². The standard InChI is InChI=1S/C20H17BrN4O2S2/c1-24-19(27)16(23-20(24)28)7-12-10-25(17-5-4-13(21)8-15(12)17)11-18(26)22-9-14-3-2-6-29-14/h2-8,10H,9,11H2,1H3,(H,22,26)(H,23,28)/b16-7-. The molecule has 2 aromatic heterocycles. The molecule has 3 heterocycles. The number of thiocarbonyl (C=S) groups is 1. The van der Waals surface area contributed by atoms with E-state index in [1.54, 1.807) is 24.5 Å². The monoisotopic (exact) mass is 488 g/mol. The van der Waals surface area contributed by atoms with Gasteiger partial charge in [-0.3, -0.25) is 14.5 Å². The maximum absolute atomic E-state index is 12.5. The van der Waals surface area contributed by atoms with Crippen LogP contribution in [0.4, 0.5) is 0 Å². The number of halogens is 1. The van der Waals surface area contributed by atoms with E-state index in [4.69, 9.17) is 12.2 Å². The van der Waals surface area contributed by atoms with Crippen LogP contribution < -0.4 is 10.6 Å². The van der Waals surface area contributed by atoms with Crippen LogP contribution in [-0.2, 0) is 22.7 Å². The van der Waals surface area contributed by atoms with Crippen LogP contribution in [0.25, 0.3) is 17.0 Å². The summed E-state index contributed by atoms with van der Waals surface area (Å²) >= 11 is 10.2. The molecule has 0 atom stereocenters. The van der Waals surface area contributed by atoms with Crippen LogP contribution in [0.2, 0.25) is 0 Å². The number of nitrogens with one attached hydrogen (secondary N) is 2. The Kier molecular flexibility index (Phi) is 5.53. The number of likely N-dealkylation sites (N-methyl/N-ethyl adjacent to an activating group) is 1. The molecule has 148 valence electrons. The molecule has 1 aromatic carbocycles. The minimum atomic E-state index is -0.181. The molecule has 0 saturated carbocycles. The zero-order valence-electron chi connectivity index (χ0n) is 15.4. The van der Waals surface area contributed by atoms with Gasteiger partial charge in [0, 0.05) is 39.1 Å². The summed E-state index contributed by atoms with van der Waals surface area (Å²) in [5.74, 6) is -0.256. The lowest BCUT2D eigenvalue weighted by molar-refractivity contribution is -0.122. The van der Waals surface area contributed by atoms with E-state index in [2.05, 4.69) is 26.6 Å². The van der Waals surface area contributed by atoms with Crippen molar-refractivity contribution in [3.63, 3.8) is 0 Å². The Morgan fingerprint density at radius 3 is 2.90 bits per heavy atom. The second kappa shape index (κ2) is 8.10. The average Bonchev–Trinajstić information content (AvgIpc) is 3.38. The third-order valence-corrected chi connectivity index (χ3v) is 6.35. The fraction of sp³-hybridized carbons (Fsp3) is 0.150. The maximum atomic E-state index is 12.5. The normalized spacial score (nSPS) is 15.4. The highest BCUT2D eigenvalue weighted by Gasteiger charge is 2.27. The SMILES string of the molecule is CN1C(=O)/C(=C/c2cn(CC(=O)NCc3cccs3)c3ccc(Br)cc23)NC1=S. The Morgan fingerprint density at radius 2 is 2.21 bits per heavy atom. The third kappa shape index (κ3) is 4.12. The Bertz CT molecular complexity index is 1150. The molecule has 0 bridgehead atoms. The summed E-state index contributed by atoms with van der Waals surface area (Å²) < 4.78 is 2.81. The molecule has 0 aliphatic carbocycles. The van der Waals surface area contributed by atoms with Crippen molar-refractivity contribution >= 4 is 73.4 Å². The summed E-state index contributed by atoms with van der Waals surface area (Å²) in [5, 5.41) is 9.18. The quantitative estimate of drug-likeness (QED) is 0.426.